The van der Waals surface area contributed by atoms with Crippen molar-refractivity contribution in [1.29, 1.82) is 0 Å². The summed E-state index contributed by atoms with van der Waals surface area (Å²) in [6.45, 7) is 2.52. The maximum atomic E-state index is 12.1. The number of rotatable bonds is 4. The van der Waals surface area contributed by atoms with Crippen LogP contribution in [0.1, 0.15) is 17.4 Å². The normalized spacial score (nSPS) is 11.6. The number of carbonyl (C=O) groups is 1. The number of anilines is 1. The van der Waals surface area contributed by atoms with Gasteiger partial charge in [-0.3, -0.25) is 9.48 Å². The van der Waals surface area contributed by atoms with Gasteiger partial charge in [0.1, 0.15) is 10.6 Å². The summed E-state index contributed by atoms with van der Waals surface area (Å²) in [5.41, 5.74) is 0.415. The van der Waals surface area contributed by atoms with E-state index in [4.69, 9.17) is 5.14 Å². The van der Waals surface area contributed by atoms with Gasteiger partial charge in [0.05, 0.1) is 0 Å². The highest BCUT2D eigenvalue weighted by atomic mass is 32.2. The van der Waals surface area contributed by atoms with Gasteiger partial charge in [0, 0.05) is 26.0 Å². The minimum atomic E-state index is -3.95. The van der Waals surface area contributed by atoms with Gasteiger partial charge >= 0.3 is 0 Å². The number of aromatic nitrogens is 3. The Morgan fingerprint density at radius 3 is 2.80 bits per heavy atom. The zero-order valence-electron chi connectivity index (χ0n) is 11.1. The predicted molar refractivity (Wildman–Crippen MR) is 72.6 cm³/mol. The zero-order valence-corrected chi connectivity index (χ0v) is 11.9. The lowest BCUT2D eigenvalue weighted by atomic mass is 10.4. The first kappa shape index (κ1) is 14.3. The molecule has 0 radical (unpaired) electrons. The second kappa shape index (κ2) is 5.10. The SMILES string of the molecule is CCn1cccc1C(=O)Nc1nn(C)cc1S(N)(=O)=O. The van der Waals surface area contributed by atoms with E-state index in [1.807, 2.05) is 6.92 Å². The molecule has 2 aromatic heterocycles. The molecular formula is C11H15N5O3S. The van der Waals surface area contributed by atoms with E-state index < -0.39 is 15.9 Å². The number of primary sulfonamides is 1. The number of carbonyl (C=O) groups excluding carboxylic acids is 1. The van der Waals surface area contributed by atoms with Crippen molar-refractivity contribution in [3.63, 3.8) is 0 Å². The molecule has 3 N–H and O–H groups in total. The first-order valence-electron chi connectivity index (χ1n) is 5.86. The fourth-order valence-electron chi connectivity index (χ4n) is 1.83. The van der Waals surface area contributed by atoms with Crippen molar-refractivity contribution in [2.45, 2.75) is 18.4 Å². The van der Waals surface area contributed by atoms with E-state index in [1.165, 1.54) is 10.9 Å². The van der Waals surface area contributed by atoms with Gasteiger partial charge in [-0.2, -0.15) is 5.10 Å². The van der Waals surface area contributed by atoms with Crippen LogP contribution in [-0.2, 0) is 23.6 Å². The van der Waals surface area contributed by atoms with E-state index in [9.17, 15) is 13.2 Å². The fraction of sp³-hybridized carbons (Fsp3) is 0.273. The molecule has 0 saturated carbocycles. The molecule has 0 spiro atoms. The topological polar surface area (TPSA) is 112 Å². The molecule has 0 unspecified atom stereocenters. The summed E-state index contributed by atoms with van der Waals surface area (Å²) in [5.74, 6) is -0.524. The molecule has 1 amide bonds. The second-order valence-electron chi connectivity index (χ2n) is 4.19. The molecule has 0 bridgehead atoms. The molecule has 0 saturated heterocycles. The van der Waals surface area contributed by atoms with Gasteiger partial charge in [0.15, 0.2) is 5.82 Å². The van der Waals surface area contributed by atoms with Crippen molar-refractivity contribution in [1.82, 2.24) is 14.3 Å². The molecule has 0 fully saturated rings. The third-order valence-electron chi connectivity index (χ3n) is 2.74. The Hall–Kier alpha value is -2.13. The van der Waals surface area contributed by atoms with E-state index in [2.05, 4.69) is 10.4 Å². The predicted octanol–water partition coefficient (Wildman–Crippen LogP) is 0.141. The summed E-state index contributed by atoms with van der Waals surface area (Å²) >= 11 is 0. The van der Waals surface area contributed by atoms with E-state index in [1.54, 1.807) is 29.9 Å². The monoisotopic (exact) mass is 297 g/mol. The number of sulfonamides is 1. The third kappa shape index (κ3) is 2.73. The van der Waals surface area contributed by atoms with E-state index >= 15 is 0 Å². The van der Waals surface area contributed by atoms with Crippen LogP contribution < -0.4 is 10.5 Å². The molecule has 0 aliphatic rings. The molecule has 0 atom stereocenters. The maximum absolute atomic E-state index is 12.1. The Balaban J connectivity index is 2.34. The number of hydrogen-bond donors (Lipinski definition) is 2. The highest BCUT2D eigenvalue weighted by molar-refractivity contribution is 7.89. The van der Waals surface area contributed by atoms with Crippen LogP contribution in [0.5, 0.6) is 0 Å². The number of amides is 1. The van der Waals surface area contributed by atoms with Crippen LogP contribution in [0.4, 0.5) is 5.82 Å². The minimum Gasteiger partial charge on any atom is -0.344 e. The molecule has 0 aliphatic heterocycles. The Morgan fingerprint density at radius 2 is 2.20 bits per heavy atom. The fourth-order valence-corrected chi connectivity index (χ4v) is 2.49. The summed E-state index contributed by atoms with van der Waals surface area (Å²) in [4.78, 5) is 11.9. The lowest BCUT2D eigenvalue weighted by molar-refractivity contribution is 0.101. The summed E-state index contributed by atoms with van der Waals surface area (Å²) in [6, 6.07) is 3.37. The van der Waals surface area contributed by atoms with E-state index in [0.717, 1.165) is 0 Å². The Kier molecular flexibility index (Phi) is 3.64. The van der Waals surface area contributed by atoms with Crippen molar-refractivity contribution < 1.29 is 13.2 Å². The molecule has 8 nitrogen and oxygen atoms in total. The molecule has 0 aromatic carbocycles. The molecule has 108 valence electrons. The zero-order chi connectivity index (χ0) is 14.9. The van der Waals surface area contributed by atoms with E-state index in [0.29, 0.717) is 12.2 Å². The van der Waals surface area contributed by atoms with Gasteiger partial charge in [0.2, 0.25) is 10.0 Å². The van der Waals surface area contributed by atoms with Crippen molar-refractivity contribution in [2.24, 2.45) is 12.2 Å². The minimum absolute atomic E-state index is 0.0798. The Morgan fingerprint density at radius 1 is 1.50 bits per heavy atom. The Bertz CT molecular complexity index is 744. The number of nitrogens with one attached hydrogen (secondary N) is 1. The first-order valence-corrected chi connectivity index (χ1v) is 7.40. The van der Waals surface area contributed by atoms with Crippen LogP contribution in [0.15, 0.2) is 29.4 Å². The van der Waals surface area contributed by atoms with Gasteiger partial charge in [-0.1, -0.05) is 0 Å². The molecule has 0 aliphatic carbocycles. The van der Waals surface area contributed by atoms with Gasteiger partial charge in [0.25, 0.3) is 5.91 Å². The number of hydrogen-bond acceptors (Lipinski definition) is 4. The largest absolute Gasteiger partial charge is 0.344 e. The van der Waals surface area contributed by atoms with Crippen LogP contribution in [0.2, 0.25) is 0 Å². The molecule has 2 heterocycles. The second-order valence-corrected chi connectivity index (χ2v) is 5.72. The van der Waals surface area contributed by atoms with Crippen LogP contribution >= 0.6 is 0 Å². The van der Waals surface area contributed by atoms with Gasteiger partial charge in [-0.05, 0) is 19.1 Å². The van der Waals surface area contributed by atoms with Gasteiger partial charge < -0.3 is 9.88 Å². The standard InChI is InChI=1S/C11H15N5O3S/c1-3-16-6-4-5-8(16)11(17)13-10-9(20(12,18)19)7-15(2)14-10/h4-7H,3H2,1-2H3,(H2,12,18,19)(H,13,14,17). The molecular weight excluding hydrogens is 282 g/mol. The maximum Gasteiger partial charge on any atom is 0.273 e. The smallest absolute Gasteiger partial charge is 0.273 e. The third-order valence-corrected chi connectivity index (χ3v) is 3.65. The van der Waals surface area contributed by atoms with Gasteiger partial charge in [-0.25, -0.2) is 13.6 Å². The van der Waals surface area contributed by atoms with Crippen LogP contribution in [0.3, 0.4) is 0 Å². The number of nitrogens with two attached hydrogens (primary N) is 1. The highest BCUT2D eigenvalue weighted by Crippen LogP contribution is 2.18. The number of nitrogens with zero attached hydrogens (tertiary/aromatic N) is 3. The Labute approximate surface area is 116 Å². The van der Waals surface area contributed by atoms with Crippen LogP contribution in [0.25, 0.3) is 0 Å². The average molecular weight is 297 g/mol. The molecule has 9 heteroatoms. The first-order chi connectivity index (χ1) is 9.32. The lowest BCUT2D eigenvalue weighted by Crippen LogP contribution is -2.20. The summed E-state index contributed by atoms with van der Waals surface area (Å²) < 4.78 is 25.9. The average Bonchev–Trinajstić information content (AvgIpc) is 2.94. The molecule has 2 aromatic rings. The van der Waals surface area contributed by atoms with Crippen LogP contribution in [-0.4, -0.2) is 28.7 Å². The quantitative estimate of drug-likeness (QED) is 0.836. The number of aryl methyl sites for hydroxylation is 2. The lowest BCUT2D eigenvalue weighted by Gasteiger charge is -2.06. The summed E-state index contributed by atoms with van der Waals surface area (Å²) in [5, 5.41) is 11.4. The van der Waals surface area contributed by atoms with Crippen molar-refractivity contribution in [3.05, 3.63) is 30.2 Å². The van der Waals surface area contributed by atoms with Gasteiger partial charge in [-0.15, -0.1) is 0 Å². The van der Waals surface area contributed by atoms with Crippen molar-refractivity contribution in [3.8, 4) is 0 Å². The van der Waals surface area contributed by atoms with Crippen LogP contribution in [0, 0.1) is 0 Å². The van der Waals surface area contributed by atoms with Crippen molar-refractivity contribution in [2.75, 3.05) is 5.32 Å². The van der Waals surface area contributed by atoms with Crippen molar-refractivity contribution >= 4 is 21.7 Å². The highest BCUT2D eigenvalue weighted by Gasteiger charge is 2.21. The summed E-state index contributed by atoms with van der Waals surface area (Å²) in [6.07, 6.45) is 3.00. The molecule has 2 rings (SSSR count). The molecule has 20 heavy (non-hydrogen) atoms. The van der Waals surface area contributed by atoms with E-state index in [-0.39, 0.29) is 10.7 Å². The summed E-state index contributed by atoms with van der Waals surface area (Å²) in [7, 11) is -2.41.